The van der Waals surface area contributed by atoms with Crippen LogP contribution in [0, 0.1) is 5.41 Å². The minimum Gasteiger partial charge on any atom is -0.481 e. The molecule has 0 bridgehead atoms. The van der Waals surface area contributed by atoms with Crippen molar-refractivity contribution >= 4 is 43.2 Å². The maximum atomic E-state index is 12.2. The minimum absolute atomic E-state index is 0.0636. The third-order valence-corrected chi connectivity index (χ3v) is 10.4. The van der Waals surface area contributed by atoms with Crippen LogP contribution in [0.25, 0.3) is 5.57 Å². The Labute approximate surface area is 296 Å². The Morgan fingerprint density at radius 1 is 1.00 bits per heavy atom. The Balaban J connectivity index is 2.11. The van der Waals surface area contributed by atoms with E-state index in [-0.39, 0.29) is 42.5 Å². The number of carbonyl (C=O) groups is 1. The van der Waals surface area contributed by atoms with Crippen LogP contribution in [0.15, 0.2) is 83.5 Å². The number of anilines is 2. The van der Waals surface area contributed by atoms with Crippen molar-refractivity contribution in [1.82, 2.24) is 0 Å². The third-order valence-electron chi connectivity index (χ3n) is 8.78. The zero-order valence-electron chi connectivity index (χ0n) is 29.7. The van der Waals surface area contributed by atoms with Crippen LogP contribution in [0.1, 0.15) is 78.4 Å². The molecule has 0 amide bonds. The van der Waals surface area contributed by atoms with Gasteiger partial charge in [0.05, 0.1) is 10.6 Å². The van der Waals surface area contributed by atoms with Crippen LogP contribution in [-0.4, -0.2) is 62.4 Å². The molecule has 3 rings (SSSR count). The Bertz CT molecular complexity index is 1890. The molecule has 50 heavy (non-hydrogen) atoms. The maximum Gasteiger partial charge on any atom is 0.303 e. The predicted octanol–water partition coefficient (Wildman–Crippen LogP) is 7.50. The lowest BCUT2D eigenvalue weighted by molar-refractivity contribution is -0.137. The van der Waals surface area contributed by atoms with Gasteiger partial charge in [-0.2, -0.15) is 16.8 Å². The van der Waals surface area contributed by atoms with Gasteiger partial charge in [-0.25, -0.2) is 0 Å². The number of hydrogen-bond acceptors (Lipinski definition) is 8. The number of hydrogen-bond donors (Lipinski definition) is 4. The largest absolute Gasteiger partial charge is 0.481 e. The molecule has 13 heteroatoms. The van der Waals surface area contributed by atoms with Crippen LogP contribution in [-0.2, 0) is 30.4 Å². The van der Waals surface area contributed by atoms with Crippen molar-refractivity contribution in [1.29, 1.82) is 0 Å². The molecule has 1 unspecified atom stereocenters. The zero-order valence-corrected chi connectivity index (χ0v) is 31.3. The number of carboxylic acid groups (broad SMARTS) is 1. The van der Waals surface area contributed by atoms with Gasteiger partial charge in [0, 0.05) is 59.9 Å². The van der Waals surface area contributed by atoms with E-state index < -0.39 is 37.4 Å². The number of nitrogens with one attached hydrogen (secondary N) is 1. The summed E-state index contributed by atoms with van der Waals surface area (Å²) >= 11 is 0. The van der Waals surface area contributed by atoms with E-state index in [1.807, 2.05) is 37.3 Å². The van der Waals surface area contributed by atoms with E-state index in [0.717, 1.165) is 41.4 Å². The number of nitrogens with zero attached hydrogens (tertiary/aromatic N) is 1. The molecule has 0 saturated heterocycles. The molecule has 2 aromatic carbocycles. The van der Waals surface area contributed by atoms with E-state index in [0.29, 0.717) is 16.8 Å². The number of allylic oxidation sites excluding steroid dienone is 7. The van der Waals surface area contributed by atoms with Gasteiger partial charge in [-0.05, 0) is 86.2 Å². The molecule has 274 valence electrons. The van der Waals surface area contributed by atoms with Crippen molar-refractivity contribution in [2.75, 3.05) is 35.6 Å². The molecule has 1 aliphatic heterocycles. The summed E-state index contributed by atoms with van der Waals surface area (Å²) in [4.78, 5) is 13.4. The molecule has 1 aliphatic rings. The molecule has 0 spiro atoms. The number of carboxylic acids is 1. The van der Waals surface area contributed by atoms with Crippen molar-refractivity contribution < 1.29 is 40.6 Å². The van der Waals surface area contributed by atoms with Crippen LogP contribution in [0.3, 0.4) is 0 Å². The summed E-state index contributed by atoms with van der Waals surface area (Å²) in [5, 5.41) is 12.5. The third kappa shape index (κ3) is 10.8. The van der Waals surface area contributed by atoms with Crippen molar-refractivity contribution in [3.8, 4) is 5.75 Å². The molecule has 0 aliphatic carbocycles. The fourth-order valence-electron chi connectivity index (χ4n) is 5.78. The van der Waals surface area contributed by atoms with E-state index in [4.69, 9.17) is 9.29 Å². The first-order chi connectivity index (χ1) is 23.2. The molecular formula is C37H50N2O9S2. The average molecular weight is 731 g/mol. The van der Waals surface area contributed by atoms with E-state index in [9.17, 15) is 31.3 Å². The van der Waals surface area contributed by atoms with Gasteiger partial charge in [-0.1, -0.05) is 52.5 Å². The minimum atomic E-state index is -4.61. The molecule has 1 atom stereocenters. The predicted molar refractivity (Wildman–Crippen MR) is 199 cm³/mol. The SMILES string of the molecule is C=C(/C=C/C=C1\C=C(C(C)(C)C)Oc2cc(N(CC)CC)ccc21)C(C)(CCCC(=O)O)c1cc(S(=O)(=O)O)ccc1NCCCS(=O)(=O)O. The lowest BCUT2D eigenvalue weighted by Crippen LogP contribution is -2.26. The van der Waals surface area contributed by atoms with Gasteiger partial charge in [-0.3, -0.25) is 13.9 Å². The number of benzene rings is 2. The molecule has 0 radical (unpaired) electrons. The van der Waals surface area contributed by atoms with Gasteiger partial charge in [0.15, 0.2) is 0 Å². The van der Waals surface area contributed by atoms with Crippen molar-refractivity contribution in [2.45, 2.75) is 77.5 Å². The Morgan fingerprint density at radius 3 is 2.26 bits per heavy atom. The summed E-state index contributed by atoms with van der Waals surface area (Å²) in [5.74, 6) is 0.0719. The molecule has 2 aromatic rings. The van der Waals surface area contributed by atoms with Gasteiger partial charge in [0.2, 0.25) is 0 Å². The second-order valence-electron chi connectivity index (χ2n) is 13.5. The number of aliphatic carboxylic acids is 1. The second kappa shape index (κ2) is 16.4. The summed E-state index contributed by atoms with van der Waals surface area (Å²) in [6.45, 7) is 18.4. The van der Waals surface area contributed by atoms with Crippen LogP contribution >= 0.6 is 0 Å². The summed E-state index contributed by atoms with van der Waals surface area (Å²) < 4.78 is 72.4. The highest BCUT2D eigenvalue weighted by Crippen LogP contribution is 2.43. The quantitative estimate of drug-likeness (QED) is 0.0722. The van der Waals surface area contributed by atoms with E-state index in [1.54, 1.807) is 6.08 Å². The van der Waals surface area contributed by atoms with E-state index in [2.05, 4.69) is 57.5 Å². The van der Waals surface area contributed by atoms with Gasteiger partial charge >= 0.3 is 5.97 Å². The van der Waals surface area contributed by atoms with Crippen molar-refractivity contribution in [3.63, 3.8) is 0 Å². The molecule has 11 nitrogen and oxygen atoms in total. The lowest BCUT2D eigenvalue weighted by atomic mass is 9.72. The first kappa shape index (κ1) is 40.5. The number of rotatable bonds is 17. The van der Waals surface area contributed by atoms with Crippen molar-refractivity contribution in [3.05, 3.63) is 89.7 Å². The highest BCUT2D eigenvalue weighted by molar-refractivity contribution is 7.86. The van der Waals surface area contributed by atoms with Gasteiger partial charge in [0.25, 0.3) is 20.2 Å². The van der Waals surface area contributed by atoms with Crippen LogP contribution in [0.4, 0.5) is 11.4 Å². The molecular weight excluding hydrogens is 681 g/mol. The zero-order chi connectivity index (χ0) is 37.5. The fraction of sp³-hybridized carbons (Fsp3) is 0.432. The summed E-state index contributed by atoms with van der Waals surface area (Å²) in [6, 6.07) is 10.1. The normalized spacial score (nSPS) is 15.6. The molecule has 0 saturated carbocycles. The van der Waals surface area contributed by atoms with E-state index in [1.165, 1.54) is 18.2 Å². The first-order valence-electron chi connectivity index (χ1n) is 16.6. The smallest absolute Gasteiger partial charge is 0.303 e. The Morgan fingerprint density at radius 2 is 1.68 bits per heavy atom. The lowest BCUT2D eigenvalue weighted by Gasteiger charge is -2.34. The molecule has 4 N–H and O–H groups in total. The van der Waals surface area contributed by atoms with Crippen LogP contribution in [0.5, 0.6) is 5.75 Å². The summed E-state index contributed by atoms with van der Waals surface area (Å²) in [6.07, 6.45) is 7.98. The maximum absolute atomic E-state index is 12.2. The van der Waals surface area contributed by atoms with Gasteiger partial charge in [-0.15, -0.1) is 0 Å². The number of fused-ring (bicyclic) bond motifs is 1. The summed E-state index contributed by atoms with van der Waals surface area (Å²) in [5.41, 5.74) is 2.96. The summed E-state index contributed by atoms with van der Waals surface area (Å²) in [7, 11) is -8.79. The van der Waals surface area contributed by atoms with Crippen LogP contribution < -0.4 is 15.0 Å². The average Bonchev–Trinajstić information content (AvgIpc) is 3.01. The number of ether oxygens (including phenoxy) is 1. The van der Waals surface area contributed by atoms with Crippen LogP contribution in [0.2, 0.25) is 0 Å². The standard InChI is InChI=1S/C37H50N2O9S2/c1-8-39(9-2)28-16-18-30-27(23-34(36(4,5)6)48-33(30)24-28)14-10-13-26(3)37(7,20-11-15-35(40)41)31-25-29(50(45,46)47)17-19-32(31)38-21-12-22-49(42,43)44/h10,13-14,16-19,23-25,38H,3,8-9,11-12,15,20-22H2,1-2,4-7H3,(H,40,41)(H,42,43,44)(H,45,46,47)/b13-10+,27-14+. The first-order valence-corrected chi connectivity index (χ1v) is 19.6. The van der Waals surface area contributed by atoms with Crippen molar-refractivity contribution in [2.24, 2.45) is 5.41 Å². The highest BCUT2D eigenvalue weighted by atomic mass is 32.2. The molecule has 0 aromatic heterocycles. The molecule has 0 fully saturated rings. The van der Waals surface area contributed by atoms with Gasteiger partial charge < -0.3 is 20.1 Å². The second-order valence-corrected chi connectivity index (χ2v) is 16.5. The monoisotopic (exact) mass is 730 g/mol. The highest BCUT2D eigenvalue weighted by Gasteiger charge is 2.33. The Hall–Kier alpha value is -3.91. The topological polar surface area (TPSA) is 171 Å². The molecule has 1 heterocycles. The van der Waals surface area contributed by atoms with E-state index >= 15 is 0 Å². The Kier molecular flexibility index (Phi) is 13.3. The van der Waals surface area contributed by atoms with Gasteiger partial charge in [0.1, 0.15) is 11.5 Å². The fourth-order valence-corrected chi connectivity index (χ4v) is 6.80.